The van der Waals surface area contributed by atoms with E-state index >= 15 is 0 Å². The number of aromatic nitrogens is 3. The lowest BCUT2D eigenvalue weighted by Gasteiger charge is -2.08. The number of imidazole rings is 1. The van der Waals surface area contributed by atoms with Crippen LogP contribution in [0.25, 0.3) is 10.9 Å². The molecular formula is C21H18N4O. The van der Waals surface area contributed by atoms with Crippen molar-refractivity contribution < 1.29 is 4.79 Å². The molecule has 4 aromatic rings. The molecule has 4 rings (SSSR count). The van der Waals surface area contributed by atoms with Crippen molar-refractivity contribution in [3.8, 4) is 0 Å². The van der Waals surface area contributed by atoms with Crippen molar-refractivity contribution >= 4 is 16.8 Å². The lowest BCUT2D eigenvalue weighted by molar-refractivity contribution is 0.0952. The van der Waals surface area contributed by atoms with Crippen LogP contribution in [0.15, 0.2) is 79.5 Å². The van der Waals surface area contributed by atoms with E-state index in [2.05, 4.69) is 27.4 Å². The highest BCUT2D eigenvalue weighted by Crippen LogP contribution is 2.16. The third-order valence-corrected chi connectivity index (χ3v) is 4.28. The van der Waals surface area contributed by atoms with E-state index in [1.165, 1.54) is 5.56 Å². The van der Waals surface area contributed by atoms with Crippen molar-refractivity contribution in [3.63, 3.8) is 0 Å². The highest BCUT2D eigenvalue weighted by atomic mass is 16.1. The summed E-state index contributed by atoms with van der Waals surface area (Å²) >= 11 is 0. The summed E-state index contributed by atoms with van der Waals surface area (Å²) in [4.78, 5) is 20.9. The van der Waals surface area contributed by atoms with Crippen LogP contribution in [0.3, 0.4) is 0 Å². The van der Waals surface area contributed by atoms with Gasteiger partial charge in [0.25, 0.3) is 5.91 Å². The van der Waals surface area contributed by atoms with Crippen LogP contribution in [-0.2, 0) is 13.1 Å². The van der Waals surface area contributed by atoms with Gasteiger partial charge in [0.2, 0.25) is 0 Å². The molecule has 5 nitrogen and oxygen atoms in total. The molecule has 0 bridgehead atoms. The Balaban J connectivity index is 1.42. The Labute approximate surface area is 151 Å². The largest absolute Gasteiger partial charge is 0.348 e. The van der Waals surface area contributed by atoms with E-state index in [-0.39, 0.29) is 5.91 Å². The van der Waals surface area contributed by atoms with Gasteiger partial charge >= 0.3 is 0 Å². The Kier molecular flexibility index (Phi) is 4.43. The predicted molar refractivity (Wildman–Crippen MR) is 101 cm³/mol. The molecule has 0 unspecified atom stereocenters. The van der Waals surface area contributed by atoms with Crippen molar-refractivity contribution in [2.24, 2.45) is 0 Å². The predicted octanol–water partition coefficient (Wildman–Crippen LogP) is 3.41. The highest BCUT2D eigenvalue weighted by molar-refractivity contribution is 6.05. The van der Waals surface area contributed by atoms with Gasteiger partial charge in [0, 0.05) is 37.1 Å². The number of amides is 1. The smallest absolute Gasteiger partial charge is 0.253 e. The number of hydrogen-bond donors (Lipinski definition) is 1. The number of carbonyl (C=O) groups is 1. The summed E-state index contributed by atoms with van der Waals surface area (Å²) in [5.74, 6) is -0.114. The summed E-state index contributed by atoms with van der Waals surface area (Å²) in [5, 5.41) is 3.94. The SMILES string of the molecule is O=C(NCc1ccc(Cn2ccnc2)cc1)c1cccc2cccnc12. The van der Waals surface area contributed by atoms with Gasteiger partial charge in [-0.1, -0.05) is 42.5 Å². The van der Waals surface area contributed by atoms with Crippen LogP contribution in [0, 0.1) is 0 Å². The van der Waals surface area contributed by atoms with Gasteiger partial charge in [-0.25, -0.2) is 4.98 Å². The van der Waals surface area contributed by atoms with Crippen LogP contribution < -0.4 is 5.32 Å². The number of benzene rings is 2. The average Bonchev–Trinajstić information content (AvgIpc) is 3.20. The number of para-hydroxylation sites is 1. The second-order valence-electron chi connectivity index (χ2n) is 6.11. The maximum atomic E-state index is 12.5. The van der Waals surface area contributed by atoms with E-state index in [4.69, 9.17) is 0 Å². The van der Waals surface area contributed by atoms with Crippen LogP contribution in [0.4, 0.5) is 0 Å². The zero-order valence-electron chi connectivity index (χ0n) is 14.2. The first-order valence-corrected chi connectivity index (χ1v) is 8.45. The number of nitrogens with zero attached hydrogens (tertiary/aromatic N) is 3. The molecule has 128 valence electrons. The van der Waals surface area contributed by atoms with Crippen LogP contribution in [0.5, 0.6) is 0 Å². The maximum absolute atomic E-state index is 12.5. The van der Waals surface area contributed by atoms with Gasteiger partial charge in [0.15, 0.2) is 0 Å². The number of nitrogens with one attached hydrogen (secondary N) is 1. The molecule has 0 atom stereocenters. The Morgan fingerprint density at radius 3 is 2.58 bits per heavy atom. The van der Waals surface area contributed by atoms with Crippen LogP contribution in [-0.4, -0.2) is 20.4 Å². The van der Waals surface area contributed by atoms with Gasteiger partial charge < -0.3 is 9.88 Å². The second-order valence-corrected chi connectivity index (χ2v) is 6.11. The van der Waals surface area contributed by atoms with E-state index in [0.717, 1.165) is 23.0 Å². The zero-order chi connectivity index (χ0) is 17.8. The molecule has 2 aromatic heterocycles. The van der Waals surface area contributed by atoms with Crippen molar-refractivity contribution in [2.75, 3.05) is 0 Å². The van der Waals surface area contributed by atoms with Crippen molar-refractivity contribution in [1.29, 1.82) is 0 Å². The molecule has 2 heterocycles. The quantitative estimate of drug-likeness (QED) is 0.605. The standard InChI is InChI=1S/C21H18N4O/c26-21(19-5-1-3-18-4-2-10-23-20(18)19)24-13-16-6-8-17(9-7-16)14-25-12-11-22-15-25/h1-12,15H,13-14H2,(H,24,26). The minimum Gasteiger partial charge on any atom is -0.348 e. The minimum atomic E-state index is -0.114. The molecule has 0 radical (unpaired) electrons. The highest BCUT2D eigenvalue weighted by Gasteiger charge is 2.10. The summed E-state index contributed by atoms with van der Waals surface area (Å²) < 4.78 is 2.02. The zero-order valence-corrected chi connectivity index (χ0v) is 14.2. The summed E-state index contributed by atoms with van der Waals surface area (Å²) in [6, 6.07) is 17.7. The molecule has 0 aliphatic carbocycles. The molecule has 0 spiro atoms. The molecule has 0 saturated carbocycles. The van der Waals surface area contributed by atoms with Gasteiger partial charge in [-0.2, -0.15) is 0 Å². The van der Waals surface area contributed by atoms with Crippen molar-refractivity contribution in [3.05, 3.63) is 96.2 Å². The second kappa shape index (κ2) is 7.19. The first kappa shape index (κ1) is 16.0. The van der Waals surface area contributed by atoms with Crippen LogP contribution in [0.1, 0.15) is 21.5 Å². The monoisotopic (exact) mass is 342 g/mol. The third kappa shape index (κ3) is 3.47. The minimum absolute atomic E-state index is 0.114. The molecule has 0 fully saturated rings. The Morgan fingerprint density at radius 2 is 1.77 bits per heavy atom. The first-order valence-electron chi connectivity index (χ1n) is 8.45. The molecule has 0 saturated heterocycles. The van der Waals surface area contributed by atoms with Crippen LogP contribution in [0.2, 0.25) is 0 Å². The Hall–Kier alpha value is -3.47. The molecule has 26 heavy (non-hydrogen) atoms. The molecule has 0 aliphatic heterocycles. The normalized spacial score (nSPS) is 10.8. The van der Waals surface area contributed by atoms with E-state index in [0.29, 0.717) is 12.1 Å². The molecule has 0 aliphatic rings. The fraction of sp³-hybridized carbons (Fsp3) is 0.0952. The van der Waals surface area contributed by atoms with E-state index < -0.39 is 0 Å². The number of pyridine rings is 1. The summed E-state index contributed by atoms with van der Waals surface area (Å²) in [6.07, 6.45) is 7.21. The Morgan fingerprint density at radius 1 is 0.962 bits per heavy atom. The number of hydrogen-bond acceptors (Lipinski definition) is 3. The van der Waals surface area contributed by atoms with E-state index in [1.54, 1.807) is 24.8 Å². The molecule has 1 N–H and O–H groups in total. The topological polar surface area (TPSA) is 59.8 Å². The number of rotatable bonds is 5. The average molecular weight is 342 g/mol. The van der Waals surface area contributed by atoms with E-state index in [9.17, 15) is 4.79 Å². The molecule has 2 aromatic carbocycles. The third-order valence-electron chi connectivity index (χ3n) is 4.28. The van der Waals surface area contributed by atoms with Crippen molar-refractivity contribution in [1.82, 2.24) is 19.9 Å². The fourth-order valence-electron chi connectivity index (χ4n) is 2.92. The lowest BCUT2D eigenvalue weighted by atomic mass is 10.1. The van der Waals surface area contributed by atoms with Gasteiger partial charge in [0.1, 0.15) is 0 Å². The van der Waals surface area contributed by atoms with Gasteiger partial charge in [-0.05, 0) is 23.3 Å². The van der Waals surface area contributed by atoms with Gasteiger partial charge in [-0.15, -0.1) is 0 Å². The molecule has 5 heteroatoms. The fourth-order valence-corrected chi connectivity index (χ4v) is 2.92. The number of carbonyl (C=O) groups excluding carboxylic acids is 1. The van der Waals surface area contributed by atoms with Crippen molar-refractivity contribution in [2.45, 2.75) is 13.1 Å². The summed E-state index contributed by atoms with van der Waals surface area (Å²) in [6.45, 7) is 1.27. The van der Waals surface area contributed by atoms with E-state index in [1.807, 2.05) is 47.2 Å². The maximum Gasteiger partial charge on any atom is 0.253 e. The van der Waals surface area contributed by atoms with Gasteiger partial charge in [-0.3, -0.25) is 9.78 Å². The molecular weight excluding hydrogens is 324 g/mol. The first-order chi connectivity index (χ1) is 12.8. The number of fused-ring (bicyclic) bond motifs is 1. The van der Waals surface area contributed by atoms with Gasteiger partial charge in [0.05, 0.1) is 17.4 Å². The molecule has 1 amide bonds. The van der Waals surface area contributed by atoms with Crippen LogP contribution >= 0.6 is 0 Å². The summed E-state index contributed by atoms with van der Waals surface area (Å²) in [7, 11) is 0. The summed E-state index contributed by atoms with van der Waals surface area (Å²) in [5.41, 5.74) is 3.57. The lowest BCUT2D eigenvalue weighted by Crippen LogP contribution is -2.23. The Bertz CT molecular complexity index is 1020.